The van der Waals surface area contributed by atoms with E-state index in [1.165, 1.54) is 24.8 Å². The van der Waals surface area contributed by atoms with Crippen LogP contribution in [0.25, 0.3) is 0 Å². The van der Waals surface area contributed by atoms with E-state index in [1.807, 2.05) is 0 Å². The lowest BCUT2D eigenvalue weighted by Crippen LogP contribution is -2.35. The molecule has 2 heterocycles. The molecule has 3 rings (SSSR count). The molecular formula is C18H19F3N4O. The van der Waals surface area contributed by atoms with Gasteiger partial charge in [-0.15, -0.1) is 0 Å². The number of hydrogen-bond donors (Lipinski definition) is 1. The van der Waals surface area contributed by atoms with Gasteiger partial charge in [-0.3, -0.25) is 4.79 Å². The van der Waals surface area contributed by atoms with Crippen molar-refractivity contribution in [1.29, 1.82) is 0 Å². The van der Waals surface area contributed by atoms with Crippen molar-refractivity contribution >= 4 is 17.4 Å². The van der Waals surface area contributed by atoms with Gasteiger partial charge in [0.1, 0.15) is 11.5 Å². The zero-order valence-corrected chi connectivity index (χ0v) is 14.3. The molecule has 1 aliphatic rings. The molecule has 138 valence electrons. The van der Waals surface area contributed by atoms with Crippen LogP contribution in [-0.2, 0) is 6.18 Å². The van der Waals surface area contributed by atoms with E-state index in [-0.39, 0.29) is 11.4 Å². The van der Waals surface area contributed by atoms with Crippen molar-refractivity contribution in [3.05, 3.63) is 47.9 Å². The Morgan fingerprint density at radius 2 is 1.92 bits per heavy atom. The summed E-state index contributed by atoms with van der Waals surface area (Å²) in [6, 6.07) is 4.25. The minimum atomic E-state index is -4.41. The summed E-state index contributed by atoms with van der Waals surface area (Å²) in [5, 5.41) is 2.52. The van der Waals surface area contributed by atoms with E-state index in [0.717, 1.165) is 37.5 Å². The highest BCUT2D eigenvalue weighted by Crippen LogP contribution is 2.29. The molecule has 0 bridgehead atoms. The fourth-order valence-corrected chi connectivity index (χ4v) is 2.94. The van der Waals surface area contributed by atoms with Crippen LogP contribution < -0.4 is 10.2 Å². The first-order valence-corrected chi connectivity index (χ1v) is 8.38. The lowest BCUT2D eigenvalue weighted by molar-refractivity contribution is -0.137. The number of piperidine rings is 1. The third-order valence-electron chi connectivity index (χ3n) is 4.32. The number of alkyl halides is 3. The summed E-state index contributed by atoms with van der Waals surface area (Å²) in [5.41, 5.74) is -0.396. The van der Waals surface area contributed by atoms with Gasteiger partial charge in [-0.1, -0.05) is 6.92 Å². The van der Waals surface area contributed by atoms with Gasteiger partial charge in [-0.2, -0.15) is 13.2 Å². The lowest BCUT2D eigenvalue weighted by atomic mass is 10.0. The Kier molecular flexibility index (Phi) is 5.11. The highest BCUT2D eigenvalue weighted by molar-refractivity contribution is 6.02. The summed E-state index contributed by atoms with van der Waals surface area (Å²) in [4.78, 5) is 22.8. The molecule has 1 N–H and O–H groups in total. The molecule has 8 heteroatoms. The largest absolute Gasteiger partial charge is 0.416 e. The van der Waals surface area contributed by atoms with Crippen molar-refractivity contribution in [2.75, 3.05) is 23.3 Å². The summed E-state index contributed by atoms with van der Waals surface area (Å²) in [5.74, 6) is 0.798. The van der Waals surface area contributed by atoms with E-state index >= 15 is 0 Å². The van der Waals surface area contributed by atoms with Crippen LogP contribution in [0, 0.1) is 5.92 Å². The molecule has 0 spiro atoms. The first-order valence-electron chi connectivity index (χ1n) is 8.38. The van der Waals surface area contributed by atoms with Crippen LogP contribution in [0.2, 0.25) is 0 Å². The van der Waals surface area contributed by atoms with E-state index in [9.17, 15) is 18.0 Å². The van der Waals surface area contributed by atoms with E-state index < -0.39 is 17.6 Å². The third-order valence-corrected chi connectivity index (χ3v) is 4.32. The third kappa shape index (κ3) is 4.30. The Morgan fingerprint density at radius 3 is 2.50 bits per heavy atom. The fourth-order valence-electron chi connectivity index (χ4n) is 2.94. The number of benzene rings is 1. The molecule has 5 nitrogen and oxygen atoms in total. The Morgan fingerprint density at radius 1 is 1.19 bits per heavy atom. The number of halogens is 3. The van der Waals surface area contributed by atoms with Crippen LogP contribution in [0.1, 0.15) is 35.8 Å². The molecule has 1 fully saturated rings. The highest BCUT2D eigenvalue weighted by atomic mass is 19.4. The second kappa shape index (κ2) is 7.31. The molecular weight excluding hydrogens is 345 g/mol. The zero-order chi connectivity index (χ0) is 18.7. The van der Waals surface area contributed by atoms with Crippen LogP contribution in [0.5, 0.6) is 0 Å². The predicted octanol–water partition coefficient (Wildman–Crippen LogP) is 3.98. The molecule has 1 saturated heterocycles. The summed E-state index contributed by atoms with van der Waals surface area (Å²) < 4.78 is 37.7. The van der Waals surface area contributed by atoms with Crippen LogP contribution in [0.15, 0.2) is 36.7 Å². The van der Waals surface area contributed by atoms with Gasteiger partial charge in [0.2, 0.25) is 0 Å². The van der Waals surface area contributed by atoms with Crippen molar-refractivity contribution in [2.45, 2.75) is 25.9 Å². The number of hydrogen-bond acceptors (Lipinski definition) is 4. The minimum Gasteiger partial charge on any atom is -0.355 e. The maximum Gasteiger partial charge on any atom is 0.416 e. The Labute approximate surface area is 149 Å². The molecule has 1 aromatic carbocycles. The van der Waals surface area contributed by atoms with Gasteiger partial charge in [0.25, 0.3) is 5.91 Å². The van der Waals surface area contributed by atoms with Gasteiger partial charge >= 0.3 is 6.18 Å². The molecule has 1 amide bonds. The summed E-state index contributed by atoms with van der Waals surface area (Å²) >= 11 is 0. The number of rotatable bonds is 3. The van der Waals surface area contributed by atoms with E-state index in [2.05, 4.69) is 27.1 Å². The highest BCUT2D eigenvalue weighted by Gasteiger charge is 2.30. The first-order chi connectivity index (χ1) is 12.3. The number of carbonyl (C=O) groups is 1. The van der Waals surface area contributed by atoms with Crippen LogP contribution >= 0.6 is 0 Å². The molecule has 2 aromatic rings. The number of carbonyl (C=O) groups excluding carboxylic acids is 1. The molecule has 0 saturated carbocycles. The molecule has 0 radical (unpaired) electrons. The fraction of sp³-hybridized carbons (Fsp3) is 0.389. The van der Waals surface area contributed by atoms with E-state index in [0.29, 0.717) is 5.92 Å². The van der Waals surface area contributed by atoms with Crippen molar-refractivity contribution in [2.24, 2.45) is 5.92 Å². The van der Waals surface area contributed by atoms with Crippen molar-refractivity contribution in [3.8, 4) is 0 Å². The summed E-state index contributed by atoms with van der Waals surface area (Å²) in [7, 11) is 0. The molecule has 26 heavy (non-hydrogen) atoms. The van der Waals surface area contributed by atoms with Crippen LogP contribution in [0.4, 0.5) is 24.7 Å². The number of aromatic nitrogens is 2. The maximum absolute atomic E-state index is 12.6. The van der Waals surface area contributed by atoms with Gasteiger partial charge in [0.15, 0.2) is 0 Å². The topological polar surface area (TPSA) is 58.1 Å². The predicted molar refractivity (Wildman–Crippen MR) is 92.0 cm³/mol. The number of nitrogens with one attached hydrogen (secondary N) is 1. The summed E-state index contributed by atoms with van der Waals surface area (Å²) in [6.07, 6.45) is 0.820. The zero-order valence-electron chi connectivity index (χ0n) is 14.3. The molecule has 1 atom stereocenters. The van der Waals surface area contributed by atoms with Crippen molar-refractivity contribution < 1.29 is 18.0 Å². The monoisotopic (exact) mass is 364 g/mol. The van der Waals surface area contributed by atoms with Gasteiger partial charge in [0.05, 0.1) is 18.0 Å². The molecule has 1 aliphatic heterocycles. The quantitative estimate of drug-likeness (QED) is 0.895. The van der Waals surface area contributed by atoms with E-state index in [1.54, 1.807) is 6.20 Å². The molecule has 1 aromatic heterocycles. The van der Waals surface area contributed by atoms with Gasteiger partial charge in [-0.05, 0) is 43.0 Å². The average Bonchev–Trinajstić information content (AvgIpc) is 2.61. The molecule has 1 unspecified atom stereocenters. The van der Waals surface area contributed by atoms with Gasteiger partial charge < -0.3 is 10.2 Å². The van der Waals surface area contributed by atoms with E-state index in [4.69, 9.17) is 0 Å². The first kappa shape index (κ1) is 18.2. The Hall–Kier alpha value is -2.64. The van der Waals surface area contributed by atoms with Gasteiger partial charge in [0, 0.05) is 18.8 Å². The number of anilines is 2. The van der Waals surface area contributed by atoms with Crippen LogP contribution in [0.3, 0.4) is 0 Å². The maximum atomic E-state index is 12.6. The summed E-state index contributed by atoms with van der Waals surface area (Å²) in [6.45, 7) is 4.01. The normalized spacial score (nSPS) is 17.8. The molecule has 0 aliphatic carbocycles. The Bertz CT molecular complexity index is 760. The standard InChI is InChI=1S/C18H19F3N4O/c1-12-3-2-8-25(11-12)16-10-22-15(9-23-16)17(26)24-14-6-4-13(5-7-14)18(19,20)21/h4-7,9-10,12H,2-3,8,11H2,1H3,(H,24,26). The lowest BCUT2D eigenvalue weighted by Gasteiger charge is -2.31. The van der Waals surface area contributed by atoms with Gasteiger partial charge in [-0.25, -0.2) is 9.97 Å². The number of amides is 1. The smallest absolute Gasteiger partial charge is 0.355 e. The second-order valence-corrected chi connectivity index (χ2v) is 6.48. The van der Waals surface area contributed by atoms with Crippen molar-refractivity contribution in [1.82, 2.24) is 9.97 Å². The SMILES string of the molecule is CC1CCCN(c2cnc(C(=O)Nc3ccc(C(F)(F)F)cc3)cn2)C1. The average molecular weight is 364 g/mol. The van der Waals surface area contributed by atoms with Crippen LogP contribution in [-0.4, -0.2) is 29.0 Å². The van der Waals surface area contributed by atoms with Crippen molar-refractivity contribution in [3.63, 3.8) is 0 Å². The minimum absolute atomic E-state index is 0.110. The number of nitrogens with zero attached hydrogens (tertiary/aromatic N) is 3. The second-order valence-electron chi connectivity index (χ2n) is 6.48. The Balaban J connectivity index is 1.64.